The summed E-state index contributed by atoms with van der Waals surface area (Å²) in [4.78, 5) is 4.22. The molecule has 4 heteroatoms. The van der Waals surface area contributed by atoms with Gasteiger partial charge in [-0.1, -0.05) is 18.2 Å². The minimum atomic E-state index is -0.835. The highest BCUT2D eigenvalue weighted by Gasteiger charge is 2.20. The van der Waals surface area contributed by atoms with Gasteiger partial charge in [-0.25, -0.2) is 0 Å². The van der Waals surface area contributed by atoms with Crippen molar-refractivity contribution in [3.8, 4) is 0 Å². The van der Waals surface area contributed by atoms with Gasteiger partial charge < -0.3 is 5.11 Å². The number of nitrogens with zero attached hydrogens (tertiary/aromatic N) is 3. The van der Waals surface area contributed by atoms with E-state index in [1.54, 1.807) is 6.20 Å². The Balaban J connectivity index is 2.44. The molecule has 14 heavy (non-hydrogen) atoms. The Kier molecular flexibility index (Phi) is 1.40. The van der Waals surface area contributed by atoms with Crippen LogP contribution in [-0.2, 0) is 0 Å². The third-order valence-electron chi connectivity index (χ3n) is 2.33. The highest BCUT2D eigenvalue weighted by molar-refractivity contribution is 5.86. The van der Waals surface area contributed by atoms with Gasteiger partial charge >= 0.3 is 0 Å². The first-order valence-corrected chi connectivity index (χ1v) is 4.33. The molecule has 1 atom stereocenters. The highest BCUT2D eigenvalue weighted by atomic mass is 16.3. The Morgan fingerprint density at radius 3 is 3.00 bits per heavy atom. The molecule has 1 unspecified atom stereocenters. The number of rotatable bonds is 0. The molecule has 0 aliphatic carbocycles. The van der Waals surface area contributed by atoms with E-state index in [9.17, 15) is 5.11 Å². The van der Waals surface area contributed by atoms with Crippen LogP contribution in [0.25, 0.3) is 10.9 Å². The Hall–Kier alpha value is -1.81. The minimum absolute atomic E-state index is 0.663. The number of hydrogen-bond acceptors (Lipinski definition) is 4. The van der Waals surface area contributed by atoms with E-state index in [0.717, 1.165) is 16.5 Å². The van der Waals surface area contributed by atoms with Crippen LogP contribution in [0.4, 0.5) is 5.69 Å². The predicted octanol–water partition coefficient (Wildman–Crippen LogP) is 2.32. The second kappa shape index (κ2) is 2.59. The van der Waals surface area contributed by atoms with Crippen molar-refractivity contribution < 1.29 is 5.11 Å². The molecule has 1 aliphatic heterocycles. The van der Waals surface area contributed by atoms with Gasteiger partial charge in [-0.2, -0.15) is 10.2 Å². The molecule has 0 spiro atoms. The summed E-state index contributed by atoms with van der Waals surface area (Å²) in [6, 6.07) is 7.65. The smallest absolute Gasteiger partial charge is 0.195 e. The van der Waals surface area contributed by atoms with Crippen molar-refractivity contribution in [1.29, 1.82) is 0 Å². The molecule has 1 N–H and O–H groups in total. The molecule has 1 aromatic heterocycles. The van der Waals surface area contributed by atoms with Crippen LogP contribution in [0.1, 0.15) is 11.8 Å². The van der Waals surface area contributed by atoms with Crippen LogP contribution < -0.4 is 0 Å². The number of aromatic nitrogens is 1. The van der Waals surface area contributed by atoms with Crippen molar-refractivity contribution in [3.63, 3.8) is 0 Å². The van der Waals surface area contributed by atoms with E-state index in [-0.39, 0.29) is 0 Å². The summed E-state index contributed by atoms with van der Waals surface area (Å²) in [7, 11) is 0. The maximum atomic E-state index is 9.59. The van der Waals surface area contributed by atoms with Crippen LogP contribution in [0.5, 0.6) is 0 Å². The largest absolute Gasteiger partial charge is 0.366 e. The van der Waals surface area contributed by atoms with Crippen molar-refractivity contribution in [2.24, 2.45) is 10.2 Å². The Bertz CT molecular complexity index is 536. The number of pyridine rings is 1. The third-order valence-corrected chi connectivity index (χ3v) is 2.33. The van der Waals surface area contributed by atoms with E-state index >= 15 is 0 Å². The summed E-state index contributed by atoms with van der Waals surface area (Å²) in [6.45, 7) is 0. The van der Waals surface area contributed by atoms with Crippen LogP contribution in [0.3, 0.4) is 0 Å². The summed E-state index contributed by atoms with van der Waals surface area (Å²) < 4.78 is 0. The van der Waals surface area contributed by atoms with Crippen LogP contribution in [0.15, 0.2) is 40.7 Å². The first-order chi connectivity index (χ1) is 6.86. The molecule has 0 amide bonds. The lowest BCUT2D eigenvalue weighted by Crippen LogP contribution is -1.91. The van der Waals surface area contributed by atoms with Crippen LogP contribution in [0.2, 0.25) is 0 Å². The maximum Gasteiger partial charge on any atom is 0.195 e. The number of benzene rings is 1. The van der Waals surface area contributed by atoms with E-state index in [1.807, 2.05) is 24.3 Å². The molecular formula is C10H7N3O. The van der Waals surface area contributed by atoms with Gasteiger partial charge in [0.05, 0.1) is 11.7 Å². The Morgan fingerprint density at radius 2 is 2.07 bits per heavy atom. The van der Waals surface area contributed by atoms with Gasteiger partial charge in [0.25, 0.3) is 0 Å². The fraction of sp³-hybridized carbons (Fsp3) is 0.100. The molecule has 0 saturated heterocycles. The first kappa shape index (κ1) is 7.58. The molecule has 4 nitrogen and oxygen atoms in total. The first-order valence-electron chi connectivity index (χ1n) is 4.33. The average molecular weight is 185 g/mol. The highest BCUT2D eigenvalue weighted by Crippen LogP contribution is 2.37. The minimum Gasteiger partial charge on any atom is -0.366 e. The van der Waals surface area contributed by atoms with Crippen LogP contribution in [0, 0.1) is 0 Å². The molecule has 0 bridgehead atoms. The van der Waals surface area contributed by atoms with E-state index in [4.69, 9.17) is 0 Å². The summed E-state index contributed by atoms with van der Waals surface area (Å²) >= 11 is 0. The number of azo groups is 1. The standard InChI is InChI=1S/C10H7N3O/c14-10-9-6-3-1-2-4-7(6)11-5-8(9)12-13-10/h1-5,10,14H. The Labute approximate surface area is 79.9 Å². The summed E-state index contributed by atoms with van der Waals surface area (Å²) in [5, 5.41) is 18.0. The summed E-state index contributed by atoms with van der Waals surface area (Å²) in [5.74, 6) is 0. The zero-order valence-electron chi connectivity index (χ0n) is 7.25. The van der Waals surface area contributed by atoms with E-state index in [1.165, 1.54) is 0 Å². The molecule has 1 aromatic carbocycles. The average Bonchev–Trinajstić information content (AvgIpc) is 2.61. The molecular weight excluding hydrogens is 178 g/mol. The molecule has 0 fully saturated rings. The zero-order chi connectivity index (χ0) is 9.54. The second-order valence-corrected chi connectivity index (χ2v) is 3.16. The lowest BCUT2D eigenvalue weighted by atomic mass is 10.1. The number of para-hydroxylation sites is 1. The van der Waals surface area contributed by atoms with E-state index in [0.29, 0.717) is 5.69 Å². The topological polar surface area (TPSA) is 57.8 Å². The van der Waals surface area contributed by atoms with Gasteiger partial charge in [-0.15, -0.1) is 0 Å². The number of aliphatic hydroxyl groups excluding tert-OH is 1. The van der Waals surface area contributed by atoms with Crippen molar-refractivity contribution in [2.75, 3.05) is 0 Å². The maximum absolute atomic E-state index is 9.59. The van der Waals surface area contributed by atoms with Gasteiger partial charge in [0, 0.05) is 10.9 Å². The fourth-order valence-electron chi connectivity index (χ4n) is 1.68. The summed E-state index contributed by atoms with van der Waals surface area (Å²) in [5.41, 5.74) is 2.28. The molecule has 0 saturated carbocycles. The number of fused-ring (bicyclic) bond motifs is 3. The summed E-state index contributed by atoms with van der Waals surface area (Å²) in [6.07, 6.45) is 0.801. The molecule has 68 valence electrons. The van der Waals surface area contributed by atoms with Gasteiger partial charge in [0.15, 0.2) is 6.23 Å². The van der Waals surface area contributed by atoms with Gasteiger partial charge in [0.2, 0.25) is 0 Å². The zero-order valence-corrected chi connectivity index (χ0v) is 7.25. The second-order valence-electron chi connectivity index (χ2n) is 3.16. The van der Waals surface area contributed by atoms with E-state index in [2.05, 4.69) is 15.2 Å². The lowest BCUT2D eigenvalue weighted by molar-refractivity contribution is 0.190. The fourth-order valence-corrected chi connectivity index (χ4v) is 1.68. The van der Waals surface area contributed by atoms with Crippen LogP contribution >= 0.6 is 0 Å². The SMILES string of the molecule is OC1N=Nc2cnc3ccccc3c21. The molecule has 2 heterocycles. The molecule has 3 rings (SSSR count). The van der Waals surface area contributed by atoms with Crippen molar-refractivity contribution in [2.45, 2.75) is 6.23 Å². The number of hydrogen-bond donors (Lipinski definition) is 1. The quantitative estimate of drug-likeness (QED) is 0.684. The predicted molar refractivity (Wildman–Crippen MR) is 51.2 cm³/mol. The van der Waals surface area contributed by atoms with Gasteiger partial charge in [-0.05, 0) is 6.07 Å². The molecule has 2 aromatic rings. The third kappa shape index (κ3) is 0.885. The number of aliphatic hydroxyl groups is 1. The lowest BCUT2D eigenvalue weighted by Gasteiger charge is -2.04. The normalized spacial score (nSPS) is 18.8. The molecule has 1 aliphatic rings. The van der Waals surface area contributed by atoms with E-state index < -0.39 is 6.23 Å². The van der Waals surface area contributed by atoms with Crippen molar-refractivity contribution in [3.05, 3.63) is 36.0 Å². The monoisotopic (exact) mass is 185 g/mol. The van der Waals surface area contributed by atoms with Crippen molar-refractivity contribution >= 4 is 16.6 Å². The van der Waals surface area contributed by atoms with Crippen molar-refractivity contribution in [1.82, 2.24) is 4.98 Å². The molecule has 0 radical (unpaired) electrons. The van der Waals surface area contributed by atoms with Gasteiger partial charge in [-0.3, -0.25) is 4.98 Å². The Morgan fingerprint density at radius 1 is 1.21 bits per heavy atom. The van der Waals surface area contributed by atoms with Crippen LogP contribution in [-0.4, -0.2) is 10.1 Å². The van der Waals surface area contributed by atoms with Gasteiger partial charge in [0.1, 0.15) is 5.69 Å².